The third kappa shape index (κ3) is 5.37. The maximum Gasteiger partial charge on any atom is 0.219 e. The second-order valence-electron chi connectivity index (χ2n) is 4.85. The van der Waals surface area contributed by atoms with E-state index < -0.39 is 0 Å². The number of nitrogens with zero attached hydrogens (tertiary/aromatic N) is 1. The first kappa shape index (κ1) is 18.6. The molecule has 2 aromatic rings. The van der Waals surface area contributed by atoms with Crippen molar-refractivity contribution in [2.24, 2.45) is 0 Å². The molecule has 1 saturated heterocycles. The van der Waals surface area contributed by atoms with Gasteiger partial charge in [0.2, 0.25) is 5.88 Å². The van der Waals surface area contributed by atoms with E-state index in [4.69, 9.17) is 9.47 Å². The van der Waals surface area contributed by atoms with Gasteiger partial charge in [-0.1, -0.05) is 6.07 Å². The Kier molecular flexibility index (Phi) is 8.02. The molecule has 3 rings (SSSR count). The van der Waals surface area contributed by atoms with Crippen molar-refractivity contribution < 1.29 is 9.47 Å². The largest absolute Gasteiger partial charge is 0.492 e. The maximum absolute atomic E-state index is 5.76. The highest BCUT2D eigenvalue weighted by Gasteiger charge is 2.14. The Morgan fingerprint density at radius 1 is 1.05 bits per heavy atom. The van der Waals surface area contributed by atoms with Gasteiger partial charge in [-0.3, -0.25) is 0 Å². The van der Waals surface area contributed by atoms with E-state index in [2.05, 4.69) is 10.3 Å². The molecule has 6 heteroatoms. The smallest absolute Gasteiger partial charge is 0.219 e. The molecule has 22 heavy (non-hydrogen) atoms. The molecule has 0 saturated carbocycles. The van der Waals surface area contributed by atoms with E-state index in [1.54, 1.807) is 6.20 Å². The van der Waals surface area contributed by atoms with E-state index >= 15 is 0 Å². The SMILES string of the molecule is Cl.Cl.c1ccc(Oc2ccc(OC[C@H]3CCCN3)cc2)nc1. The summed E-state index contributed by atoms with van der Waals surface area (Å²) < 4.78 is 11.4. The average Bonchev–Trinajstić information content (AvgIpc) is 3.01. The summed E-state index contributed by atoms with van der Waals surface area (Å²) in [6.07, 6.45) is 4.15. The molecule has 1 atom stereocenters. The van der Waals surface area contributed by atoms with Gasteiger partial charge in [0.1, 0.15) is 18.1 Å². The lowest BCUT2D eigenvalue weighted by molar-refractivity contribution is 0.277. The second kappa shape index (κ2) is 9.51. The van der Waals surface area contributed by atoms with Crippen molar-refractivity contribution in [3.63, 3.8) is 0 Å². The van der Waals surface area contributed by atoms with Gasteiger partial charge in [0.05, 0.1) is 0 Å². The van der Waals surface area contributed by atoms with Crippen LogP contribution in [0.1, 0.15) is 12.8 Å². The minimum atomic E-state index is 0. The highest BCUT2D eigenvalue weighted by molar-refractivity contribution is 5.85. The summed E-state index contributed by atoms with van der Waals surface area (Å²) >= 11 is 0. The standard InChI is InChI=1S/C16H18N2O2.2ClH/c1-2-10-18-16(5-1)20-15-8-6-14(7-9-15)19-12-13-4-3-11-17-13;;/h1-2,5-10,13,17H,3-4,11-12H2;2*1H/t13-;;/m1../s1. The minimum Gasteiger partial charge on any atom is -0.492 e. The van der Waals surface area contributed by atoms with Crippen LogP contribution in [0.25, 0.3) is 0 Å². The first-order valence-corrected chi connectivity index (χ1v) is 6.95. The molecule has 2 heterocycles. The van der Waals surface area contributed by atoms with Gasteiger partial charge in [0.25, 0.3) is 0 Å². The number of benzene rings is 1. The molecule has 1 aromatic carbocycles. The Balaban J connectivity index is 0.00000121. The number of hydrogen-bond donors (Lipinski definition) is 1. The van der Waals surface area contributed by atoms with Crippen molar-refractivity contribution in [1.82, 2.24) is 10.3 Å². The monoisotopic (exact) mass is 342 g/mol. The van der Waals surface area contributed by atoms with Gasteiger partial charge >= 0.3 is 0 Å². The van der Waals surface area contributed by atoms with Gasteiger partial charge < -0.3 is 14.8 Å². The molecular weight excluding hydrogens is 323 g/mol. The predicted molar refractivity (Wildman–Crippen MR) is 91.8 cm³/mol. The molecule has 0 bridgehead atoms. The van der Waals surface area contributed by atoms with Crippen LogP contribution < -0.4 is 14.8 Å². The molecule has 4 nitrogen and oxygen atoms in total. The Hall–Kier alpha value is -1.49. The molecule has 0 aliphatic carbocycles. The molecule has 0 radical (unpaired) electrons. The fraction of sp³-hybridized carbons (Fsp3) is 0.312. The summed E-state index contributed by atoms with van der Waals surface area (Å²) in [6.45, 7) is 1.82. The van der Waals surface area contributed by atoms with Crippen molar-refractivity contribution in [3.05, 3.63) is 48.7 Å². The fourth-order valence-electron chi connectivity index (χ4n) is 2.23. The number of ether oxygens (including phenoxy) is 2. The Bertz CT molecular complexity index is 532. The lowest BCUT2D eigenvalue weighted by Gasteiger charge is -2.12. The molecule has 0 unspecified atom stereocenters. The van der Waals surface area contributed by atoms with Crippen molar-refractivity contribution in [2.45, 2.75) is 18.9 Å². The first-order valence-electron chi connectivity index (χ1n) is 6.95. The predicted octanol–water partition coefficient (Wildman–Crippen LogP) is 3.85. The van der Waals surface area contributed by atoms with Gasteiger partial charge in [-0.2, -0.15) is 0 Å². The van der Waals surface area contributed by atoms with Gasteiger partial charge in [0, 0.05) is 18.3 Å². The third-order valence-corrected chi connectivity index (χ3v) is 3.30. The summed E-state index contributed by atoms with van der Waals surface area (Å²) in [5, 5.41) is 3.41. The van der Waals surface area contributed by atoms with Crippen LogP contribution >= 0.6 is 24.8 Å². The molecule has 0 amide bonds. The summed E-state index contributed by atoms with van der Waals surface area (Å²) in [7, 11) is 0. The van der Waals surface area contributed by atoms with E-state index in [-0.39, 0.29) is 24.8 Å². The van der Waals surface area contributed by atoms with Crippen LogP contribution in [-0.4, -0.2) is 24.2 Å². The van der Waals surface area contributed by atoms with Gasteiger partial charge in [-0.25, -0.2) is 4.98 Å². The van der Waals surface area contributed by atoms with Crippen LogP contribution in [-0.2, 0) is 0 Å². The first-order chi connectivity index (χ1) is 9.90. The summed E-state index contributed by atoms with van der Waals surface area (Å²) in [5.41, 5.74) is 0. The number of aromatic nitrogens is 1. The highest BCUT2D eigenvalue weighted by Crippen LogP contribution is 2.22. The van der Waals surface area contributed by atoms with E-state index in [0.29, 0.717) is 11.9 Å². The van der Waals surface area contributed by atoms with E-state index in [1.165, 1.54) is 12.8 Å². The fourth-order valence-corrected chi connectivity index (χ4v) is 2.23. The molecule has 1 N–H and O–H groups in total. The Morgan fingerprint density at radius 2 is 1.82 bits per heavy atom. The van der Waals surface area contributed by atoms with Crippen LogP contribution in [0, 0.1) is 0 Å². The van der Waals surface area contributed by atoms with Crippen LogP contribution in [0.3, 0.4) is 0 Å². The zero-order valence-electron chi connectivity index (χ0n) is 12.1. The normalized spacial score (nSPS) is 16.3. The van der Waals surface area contributed by atoms with Crippen molar-refractivity contribution >= 4 is 24.8 Å². The zero-order valence-corrected chi connectivity index (χ0v) is 13.7. The quantitative estimate of drug-likeness (QED) is 0.896. The molecule has 1 aliphatic heterocycles. The lowest BCUT2D eigenvalue weighted by Crippen LogP contribution is -2.28. The zero-order chi connectivity index (χ0) is 13.6. The molecule has 120 valence electrons. The van der Waals surface area contributed by atoms with Crippen molar-refractivity contribution in [3.8, 4) is 17.4 Å². The van der Waals surface area contributed by atoms with Crippen molar-refractivity contribution in [1.29, 1.82) is 0 Å². The van der Waals surface area contributed by atoms with E-state index in [9.17, 15) is 0 Å². The summed E-state index contributed by atoms with van der Waals surface area (Å²) in [5.74, 6) is 2.22. The highest BCUT2D eigenvalue weighted by atomic mass is 35.5. The van der Waals surface area contributed by atoms with Crippen LogP contribution in [0.2, 0.25) is 0 Å². The third-order valence-electron chi connectivity index (χ3n) is 3.30. The number of hydrogen-bond acceptors (Lipinski definition) is 4. The van der Waals surface area contributed by atoms with Crippen LogP contribution in [0.4, 0.5) is 0 Å². The molecular formula is C16H20Cl2N2O2. The number of rotatable bonds is 5. The topological polar surface area (TPSA) is 43.4 Å². The second-order valence-corrected chi connectivity index (χ2v) is 4.85. The summed E-state index contributed by atoms with van der Waals surface area (Å²) in [6, 6.07) is 13.7. The number of nitrogens with one attached hydrogen (secondary N) is 1. The average molecular weight is 343 g/mol. The molecule has 0 spiro atoms. The summed E-state index contributed by atoms with van der Waals surface area (Å²) in [4.78, 5) is 4.12. The van der Waals surface area contributed by atoms with E-state index in [0.717, 1.165) is 24.7 Å². The lowest BCUT2D eigenvalue weighted by atomic mass is 10.2. The Morgan fingerprint density at radius 3 is 2.45 bits per heavy atom. The molecule has 1 aromatic heterocycles. The van der Waals surface area contributed by atoms with E-state index in [1.807, 2.05) is 42.5 Å². The Labute approximate surface area is 143 Å². The number of pyridine rings is 1. The van der Waals surface area contributed by atoms with Crippen LogP contribution in [0.5, 0.6) is 17.4 Å². The minimum absolute atomic E-state index is 0. The molecule has 1 fully saturated rings. The van der Waals surface area contributed by atoms with Gasteiger partial charge in [-0.15, -0.1) is 24.8 Å². The molecule has 1 aliphatic rings. The van der Waals surface area contributed by atoms with Gasteiger partial charge in [0.15, 0.2) is 0 Å². The number of halogens is 2. The maximum atomic E-state index is 5.76. The van der Waals surface area contributed by atoms with Crippen molar-refractivity contribution in [2.75, 3.05) is 13.2 Å². The van der Waals surface area contributed by atoms with Gasteiger partial charge in [-0.05, 0) is 49.7 Å². The van der Waals surface area contributed by atoms with Crippen LogP contribution in [0.15, 0.2) is 48.7 Å².